The minimum atomic E-state index is -1.36. The van der Waals surface area contributed by atoms with E-state index in [4.69, 9.17) is 4.74 Å². The van der Waals surface area contributed by atoms with Gasteiger partial charge in [0.2, 0.25) is 11.8 Å². The van der Waals surface area contributed by atoms with E-state index in [0.29, 0.717) is 18.9 Å². The fraction of sp³-hybridized carbons (Fsp3) is 0.800. The van der Waals surface area contributed by atoms with Crippen molar-refractivity contribution in [1.29, 1.82) is 0 Å². The van der Waals surface area contributed by atoms with Gasteiger partial charge >= 0.3 is 5.97 Å². The molecular formula is C15H24N2O5. The lowest BCUT2D eigenvalue weighted by molar-refractivity contribution is -0.147. The number of nitrogens with one attached hydrogen (secondary N) is 2. The van der Waals surface area contributed by atoms with Gasteiger partial charge in [-0.05, 0) is 12.3 Å². The van der Waals surface area contributed by atoms with E-state index in [1.165, 1.54) is 25.7 Å². The van der Waals surface area contributed by atoms with Crippen LogP contribution in [0.4, 0.5) is 0 Å². The predicted molar refractivity (Wildman–Crippen MR) is 78.1 cm³/mol. The molecule has 3 N–H and O–H groups in total. The molecule has 2 fully saturated rings. The van der Waals surface area contributed by atoms with Crippen molar-refractivity contribution in [2.75, 3.05) is 19.8 Å². The molecule has 2 aliphatic rings. The summed E-state index contributed by atoms with van der Waals surface area (Å²) < 4.78 is 5.06. The molecule has 1 saturated carbocycles. The lowest BCUT2D eigenvalue weighted by Crippen LogP contribution is -2.57. The minimum absolute atomic E-state index is 0.0380. The number of carbonyl (C=O) groups is 3. The first-order chi connectivity index (χ1) is 10.5. The molecule has 1 aliphatic carbocycles. The van der Waals surface area contributed by atoms with Crippen LogP contribution in [0, 0.1) is 5.92 Å². The maximum atomic E-state index is 11.8. The molecule has 1 unspecified atom stereocenters. The van der Waals surface area contributed by atoms with E-state index < -0.39 is 17.4 Å². The highest BCUT2D eigenvalue weighted by atomic mass is 16.5. The Morgan fingerprint density at radius 1 is 1.18 bits per heavy atom. The number of hydrogen-bond acceptors (Lipinski definition) is 4. The first-order valence-electron chi connectivity index (χ1n) is 7.91. The van der Waals surface area contributed by atoms with Crippen LogP contribution in [0.3, 0.4) is 0 Å². The Labute approximate surface area is 129 Å². The molecule has 2 rings (SSSR count). The highest BCUT2D eigenvalue weighted by Crippen LogP contribution is 2.28. The summed E-state index contributed by atoms with van der Waals surface area (Å²) in [5.41, 5.74) is -1.36. The van der Waals surface area contributed by atoms with E-state index in [-0.39, 0.29) is 25.5 Å². The summed E-state index contributed by atoms with van der Waals surface area (Å²) in [6.45, 7) is 0.0720. The maximum Gasteiger partial charge on any atom is 0.331 e. The molecule has 0 aromatic heterocycles. The molecule has 0 aromatic rings. The molecule has 1 aliphatic heterocycles. The zero-order chi connectivity index (χ0) is 16.0. The first-order valence-corrected chi connectivity index (χ1v) is 7.91. The molecule has 0 spiro atoms. The third-order valence-corrected chi connectivity index (χ3v) is 4.51. The minimum Gasteiger partial charge on any atom is -0.479 e. The summed E-state index contributed by atoms with van der Waals surface area (Å²) in [6, 6.07) is 0. The number of carboxylic acid groups (broad SMARTS) is 1. The second kappa shape index (κ2) is 7.58. The average molecular weight is 312 g/mol. The lowest BCUT2D eigenvalue weighted by Gasteiger charge is -2.23. The van der Waals surface area contributed by atoms with Gasteiger partial charge in [0, 0.05) is 19.4 Å². The van der Waals surface area contributed by atoms with Gasteiger partial charge in [0.05, 0.1) is 13.2 Å². The molecule has 124 valence electrons. The van der Waals surface area contributed by atoms with Crippen LogP contribution in [-0.2, 0) is 19.1 Å². The number of amides is 2. The number of aliphatic carboxylic acids is 1. The van der Waals surface area contributed by atoms with Gasteiger partial charge in [0.25, 0.3) is 0 Å². The zero-order valence-corrected chi connectivity index (χ0v) is 12.7. The van der Waals surface area contributed by atoms with Gasteiger partial charge in [0.15, 0.2) is 5.54 Å². The third-order valence-electron chi connectivity index (χ3n) is 4.51. The SMILES string of the molecule is O=C(CCC1CCCC1)NCC(=O)NC1(C(=O)O)CCOC1. The highest BCUT2D eigenvalue weighted by Gasteiger charge is 2.43. The number of carbonyl (C=O) groups excluding carboxylic acids is 2. The van der Waals surface area contributed by atoms with E-state index >= 15 is 0 Å². The van der Waals surface area contributed by atoms with Crippen LogP contribution in [0.25, 0.3) is 0 Å². The third kappa shape index (κ3) is 4.43. The van der Waals surface area contributed by atoms with Crippen LogP contribution in [0.2, 0.25) is 0 Å². The fourth-order valence-electron chi connectivity index (χ4n) is 3.10. The summed E-state index contributed by atoms with van der Waals surface area (Å²) in [5, 5.41) is 14.2. The first kappa shape index (κ1) is 16.7. The Kier molecular flexibility index (Phi) is 5.76. The molecule has 22 heavy (non-hydrogen) atoms. The summed E-state index contributed by atoms with van der Waals surface area (Å²) in [6.07, 6.45) is 6.39. The largest absolute Gasteiger partial charge is 0.479 e. The van der Waals surface area contributed by atoms with Gasteiger partial charge in [-0.1, -0.05) is 25.7 Å². The van der Waals surface area contributed by atoms with Crippen LogP contribution < -0.4 is 10.6 Å². The smallest absolute Gasteiger partial charge is 0.331 e. The summed E-state index contributed by atoms with van der Waals surface area (Å²) >= 11 is 0. The number of rotatable bonds is 7. The van der Waals surface area contributed by atoms with Crippen molar-refractivity contribution in [3.05, 3.63) is 0 Å². The van der Waals surface area contributed by atoms with Crippen LogP contribution in [0.5, 0.6) is 0 Å². The topological polar surface area (TPSA) is 105 Å². The van der Waals surface area contributed by atoms with E-state index in [0.717, 1.165) is 6.42 Å². The van der Waals surface area contributed by atoms with Crippen molar-refractivity contribution >= 4 is 17.8 Å². The molecule has 0 radical (unpaired) electrons. The molecule has 0 aromatic carbocycles. The van der Waals surface area contributed by atoms with Crippen LogP contribution in [0.1, 0.15) is 44.9 Å². The average Bonchev–Trinajstić information content (AvgIpc) is 3.14. The van der Waals surface area contributed by atoms with E-state index in [2.05, 4.69) is 10.6 Å². The summed E-state index contributed by atoms with van der Waals surface area (Å²) in [5.74, 6) is -1.13. The monoisotopic (exact) mass is 312 g/mol. The van der Waals surface area contributed by atoms with Crippen LogP contribution in [-0.4, -0.2) is 48.2 Å². The van der Waals surface area contributed by atoms with Crippen LogP contribution in [0.15, 0.2) is 0 Å². The highest BCUT2D eigenvalue weighted by molar-refractivity contribution is 5.90. The van der Waals surface area contributed by atoms with Gasteiger partial charge in [0.1, 0.15) is 0 Å². The Balaban J connectivity index is 1.68. The quantitative estimate of drug-likeness (QED) is 0.632. The normalized spacial score (nSPS) is 25.1. The molecule has 1 heterocycles. The number of carboxylic acids is 1. The van der Waals surface area contributed by atoms with E-state index in [1.54, 1.807) is 0 Å². The Bertz CT molecular complexity index is 426. The zero-order valence-electron chi connectivity index (χ0n) is 12.7. The van der Waals surface area contributed by atoms with Crippen molar-refractivity contribution in [3.8, 4) is 0 Å². The molecule has 0 bridgehead atoms. The molecular weight excluding hydrogens is 288 g/mol. The van der Waals surface area contributed by atoms with Crippen molar-refractivity contribution in [2.45, 2.75) is 50.5 Å². The van der Waals surface area contributed by atoms with Crippen molar-refractivity contribution in [2.24, 2.45) is 5.92 Å². The van der Waals surface area contributed by atoms with Crippen molar-refractivity contribution in [1.82, 2.24) is 10.6 Å². The second-order valence-electron chi connectivity index (χ2n) is 6.20. The standard InChI is InChI=1S/C15H24N2O5/c18-12(6-5-11-3-1-2-4-11)16-9-13(19)17-15(14(20)21)7-8-22-10-15/h11H,1-10H2,(H,16,18)(H,17,19)(H,20,21). The molecule has 1 atom stereocenters. The molecule has 2 amide bonds. The second-order valence-corrected chi connectivity index (χ2v) is 6.20. The van der Waals surface area contributed by atoms with Gasteiger partial charge < -0.3 is 20.5 Å². The van der Waals surface area contributed by atoms with Gasteiger partial charge in [-0.15, -0.1) is 0 Å². The van der Waals surface area contributed by atoms with E-state index in [1.807, 2.05) is 0 Å². The van der Waals surface area contributed by atoms with Crippen molar-refractivity contribution < 1.29 is 24.2 Å². The van der Waals surface area contributed by atoms with Crippen LogP contribution >= 0.6 is 0 Å². The van der Waals surface area contributed by atoms with Crippen molar-refractivity contribution in [3.63, 3.8) is 0 Å². The Morgan fingerprint density at radius 2 is 1.91 bits per heavy atom. The van der Waals surface area contributed by atoms with Gasteiger partial charge in [-0.25, -0.2) is 4.79 Å². The fourth-order valence-corrected chi connectivity index (χ4v) is 3.10. The van der Waals surface area contributed by atoms with Gasteiger partial charge in [-0.2, -0.15) is 0 Å². The van der Waals surface area contributed by atoms with E-state index in [9.17, 15) is 19.5 Å². The summed E-state index contributed by atoms with van der Waals surface area (Å²) in [4.78, 5) is 34.8. The maximum absolute atomic E-state index is 11.8. The molecule has 1 saturated heterocycles. The number of ether oxygens (including phenoxy) is 1. The Hall–Kier alpha value is -1.63. The van der Waals surface area contributed by atoms with Gasteiger partial charge in [-0.3, -0.25) is 9.59 Å². The summed E-state index contributed by atoms with van der Waals surface area (Å²) in [7, 11) is 0. The lowest BCUT2D eigenvalue weighted by atomic mass is 9.99. The Morgan fingerprint density at radius 3 is 2.50 bits per heavy atom. The molecule has 7 nitrogen and oxygen atoms in total. The molecule has 7 heteroatoms. The predicted octanol–water partition coefficient (Wildman–Crippen LogP) is 0.433. The number of hydrogen-bond donors (Lipinski definition) is 3.